The van der Waals surface area contributed by atoms with Crippen LogP contribution in [0.4, 0.5) is 0 Å². The van der Waals surface area contributed by atoms with Gasteiger partial charge >= 0.3 is 0 Å². The van der Waals surface area contributed by atoms with Crippen LogP contribution < -0.4 is 20.5 Å². The first kappa shape index (κ1) is 17.3. The first-order chi connectivity index (χ1) is 9.88. The zero-order chi connectivity index (χ0) is 16.0. The van der Waals surface area contributed by atoms with Crippen molar-refractivity contribution in [3.05, 3.63) is 23.8 Å². The zero-order valence-electron chi connectivity index (χ0n) is 13.5. The van der Waals surface area contributed by atoms with E-state index < -0.39 is 0 Å². The molecule has 2 atom stereocenters. The van der Waals surface area contributed by atoms with Crippen LogP contribution in [0.3, 0.4) is 0 Å². The predicted octanol–water partition coefficient (Wildman–Crippen LogP) is 1.73. The van der Waals surface area contributed by atoms with Gasteiger partial charge in [-0.15, -0.1) is 0 Å². The molecule has 1 rings (SSSR count). The summed E-state index contributed by atoms with van der Waals surface area (Å²) in [7, 11) is 3.23. The standard InChI is InChI=1S/C16H26N2O3/c1-10(2)15(16(17)19)18-11(3)8-12-6-7-13(20-4)14(9-12)21-5/h6-7,9-11,15,18H,8H2,1-5H3,(H2,17,19). The van der Waals surface area contributed by atoms with Crippen molar-refractivity contribution in [1.82, 2.24) is 5.32 Å². The Labute approximate surface area is 126 Å². The minimum absolute atomic E-state index is 0.128. The molecule has 118 valence electrons. The molecule has 2 unspecified atom stereocenters. The van der Waals surface area contributed by atoms with E-state index in [9.17, 15) is 4.79 Å². The van der Waals surface area contributed by atoms with Gasteiger partial charge in [0.1, 0.15) is 0 Å². The lowest BCUT2D eigenvalue weighted by Crippen LogP contribution is -2.49. The maximum absolute atomic E-state index is 11.4. The number of amides is 1. The molecule has 0 aliphatic heterocycles. The molecule has 0 saturated heterocycles. The van der Waals surface area contributed by atoms with E-state index in [0.29, 0.717) is 11.5 Å². The van der Waals surface area contributed by atoms with Gasteiger partial charge in [0.25, 0.3) is 0 Å². The van der Waals surface area contributed by atoms with E-state index in [1.807, 2.05) is 39.0 Å². The van der Waals surface area contributed by atoms with Gasteiger partial charge < -0.3 is 20.5 Å². The Kier molecular flexibility index (Phi) is 6.49. The molecular formula is C16H26N2O3. The molecule has 1 amide bonds. The Morgan fingerprint density at radius 3 is 2.29 bits per heavy atom. The monoisotopic (exact) mass is 294 g/mol. The molecule has 0 aliphatic carbocycles. The molecule has 0 fully saturated rings. The Morgan fingerprint density at radius 1 is 1.19 bits per heavy atom. The van der Waals surface area contributed by atoms with E-state index in [4.69, 9.17) is 15.2 Å². The molecule has 0 saturated carbocycles. The molecule has 0 aromatic heterocycles. The molecule has 1 aromatic carbocycles. The lowest BCUT2D eigenvalue weighted by molar-refractivity contribution is -0.121. The smallest absolute Gasteiger partial charge is 0.234 e. The van der Waals surface area contributed by atoms with Gasteiger partial charge in [-0.05, 0) is 37.0 Å². The second-order valence-corrected chi connectivity index (χ2v) is 5.59. The fourth-order valence-electron chi connectivity index (χ4n) is 2.33. The normalized spacial score (nSPS) is 13.8. The van der Waals surface area contributed by atoms with Gasteiger partial charge in [0.05, 0.1) is 20.3 Å². The third-order valence-electron chi connectivity index (χ3n) is 3.43. The van der Waals surface area contributed by atoms with Crippen molar-refractivity contribution in [3.63, 3.8) is 0 Å². The van der Waals surface area contributed by atoms with Crippen molar-refractivity contribution in [2.45, 2.75) is 39.3 Å². The highest BCUT2D eigenvalue weighted by Crippen LogP contribution is 2.28. The summed E-state index contributed by atoms with van der Waals surface area (Å²) in [4.78, 5) is 11.4. The van der Waals surface area contributed by atoms with Crippen molar-refractivity contribution >= 4 is 5.91 Å². The number of carbonyl (C=O) groups is 1. The molecule has 0 bridgehead atoms. The number of benzene rings is 1. The van der Waals surface area contributed by atoms with E-state index in [1.54, 1.807) is 14.2 Å². The van der Waals surface area contributed by atoms with Crippen LogP contribution in [0.15, 0.2) is 18.2 Å². The van der Waals surface area contributed by atoms with Crippen LogP contribution in [0.2, 0.25) is 0 Å². The topological polar surface area (TPSA) is 73.6 Å². The molecule has 0 aliphatic rings. The van der Waals surface area contributed by atoms with Crippen molar-refractivity contribution < 1.29 is 14.3 Å². The summed E-state index contributed by atoms with van der Waals surface area (Å²) in [5.41, 5.74) is 6.54. The second-order valence-electron chi connectivity index (χ2n) is 5.59. The summed E-state index contributed by atoms with van der Waals surface area (Å²) >= 11 is 0. The average molecular weight is 294 g/mol. The Balaban J connectivity index is 2.74. The van der Waals surface area contributed by atoms with Crippen LogP contribution >= 0.6 is 0 Å². The van der Waals surface area contributed by atoms with Gasteiger partial charge in [0, 0.05) is 6.04 Å². The number of nitrogens with two attached hydrogens (primary N) is 1. The lowest BCUT2D eigenvalue weighted by atomic mass is 10.0. The fourth-order valence-corrected chi connectivity index (χ4v) is 2.33. The van der Waals surface area contributed by atoms with Crippen molar-refractivity contribution in [3.8, 4) is 11.5 Å². The highest BCUT2D eigenvalue weighted by atomic mass is 16.5. The third kappa shape index (κ3) is 4.93. The van der Waals surface area contributed by atoms with Crippen LogP contribution in [-0.2, 0) is 11.2 Å². The molecule has 5 nitrogen and oxygen atoms in total. The highest BCUT2D eigenvalue weighted by Gasteiger charge is 2.21. The van der Waals surface area contributed by atoms with Crippen molar-refractivity contribution in [1.29, 1.82) is 0 Å². The number of primary amides is 1. The molecule has 1 aromatic rings. The summed E-state index contributed by atoms with van der Waals surface area (Å²) in [6.45, 7) is 5.99. The fraction of sp³-hybridized carbons (Fsp3) is 0.562. The first-order valence-electron chi connectivity index (χ1n) is 7.15. The number of methoxy groups -OCH3 is 2. The van der Waals surface area contributed by atoms with Crippen LogP contribution in [0, 0.1) is 5.92 Å². The average Bonchev–Trinajstić information content (AvgIpc) is 2.43. The van der Waals surface area contributed by atoms with Crippen molar-refractivity contribution in [2.24, 2.45) is 11.7 Å². The van der Waals surface area contributed by atoms with Gasteiger partial charge in [0.15, 0.2) is 11.5 Å². The van der Waals surface area contributed by atoms with Gasteiger partial charge in [-0.25, -0.2) is 0 Å². The van der Waals surface area contributed by atoms with Gasteiger partial charge in [-0.2, -0.15) is 0 Å². The molecule has 3 N–H and O–H groups in total. The quantitative estimate of drug-likeness (QED) is 0.766. The van der Waals surface area contributed by atoms with Crippen molar-refractivity contribution in [2.75, 3.05) is 14.2 Å². The molecular weight excluding hydrogens is 268 g/mol. The first-order valence-corrected chi connectivity index (χ1v) is 7.15. The van der Waals surface area contributed by atoms with E-state index in [-0.39, 0.29) is 23.9 Å². The Morgan fingerprint density at radius 2 is 1.81 bits per heavy atom. The van der Waals surface area contributed by atoms with Crippen LogP contribution in [0.25, 0.3) is 0 Å². The molecule has 0 heterocycles. The predicted molar refractivity (Wildman–Crippen MR) is 83.7 cm³/mol. The number of carbonyl (C=O) groups excluding carboxylic acids is 1. The summed E-state index contributed by atoms with van der Waals surface area (Å²) in [6, 6.07) is 5.64. The van der Waals surface area contributed by atoms with Crippen LogP contribution in [0.5, 0.6) is 11.5 Å². The maximum Gasteiger partial charge on any atom is 0.234 e. The van der Waals surface area contributed by atoms with Gasteiger partial charge in [-0.3, -0.25) is 4.79 Å². The Hall–Kier alpha value is -1.75. The van der Waals surface area contributed by atoms with E-state index >= 15 is 0 Å². The highest BCUT2D eigenvalue weighted by molar-refractivity contribution is 5.80. The number of ether oxygens (including phenoxy) is 2. The minimum atomic E-state index is -0.319. The maximum atomic E-state index is 11.4. The van der Waals surface area contributed by atoms with E-state index in [2.05, 4.69) is 5.32 Å². The summed E-state index contributed by atoms with van der Waals surface area (Å²) < 4.78 is 10.5. The lowest BCUT2D eigenvalue weighted by Gasteiger charge is -2.24. The summed E-state index contributed by atoms with van der Waals surface area (Å²) in [5, 5.41) is 3.28. The third-order valence-corrected chi connectivity index (χ3v) is 3.43. The van der Waals surface area contributed by atoms with Crippen LogP contribution in [-0.4, -0.2) is 32.2 Å². The molecule has 0 spiro atoms. The number of hydrogen-bond donors (Lipinski definition) is 2. The molecule has 21 heavy (non-hydrogen) atoms. The molecule has 5 heteroatoms. The van der Waals surface area contributed by atoms with Gasteiger partial charge in [0.2, 0.25) is 5.91 Å². The summed E-state index contributed by atoms with van der Waals surface area (Å²) in [5.74, 6) is 1.26. The minimum Gasteiger partial charge on any atom is -0.493 e. The van der Waals surface area contributed by atoms with E-state index in [0.717, 1.165) is 12.0 Å². The van der Waals surface area contributed by atoms with Crippen LogP contribution in [0.1, 0.15) is 26.3 Å². The van der Waals surface area contributed by atoms with E-state index in [1.165, 1.54) is 0 Å². The number of rotatable bonds is 8. The molecule has 0 radical (unpaired) electrons. The SMILES string of the molecule is COc1ccc(CC(C)NC(C(N)=O)C(C)C)cc1OC. The summed E-state index contributed by atoms with van der Waals surface area (Å²) in [6.07, 6.45) is 0.775. The number of nitrogens with one attached hydrogen (secondary N) is 1. The largest absolute Gasteiger partial charge is 0.493 e. The zero-order valence-corrected chi connectivity index (χ0v) is 13.5. The van der Waals surface area contributed by atoms with Gasteiger partial charge in [-0.1, -0.05) is 19.9 Å². The second kappa shape index (κ2) is 7.88. The number of hydrogen-bond acceptors (Lipinski definition) is 4. The Bertz CT molecular complexity index is 475.